The van der Waals surface area contributed by atoms with E-state index in [0.717, 1.165) is 11.3 Å². The molecular weight excluding hydrogens is 261 g/mol. The van der Waals surface area contributed by atoms with E-state index in [4.69, 9.17) is 27.9 Å². The number of carbonyl (C=O) groups is 1. The van der Waals surface area contributed by atoms with E-state index in [9.17, 15) is 4.79 Å². The van der Waals surface area contributed by atoms with E-state index < -0.39 is 0 Å². The summed E-state index contributed by atoms with van der Waals surface area (Å²) in [5.74, 6) is 1.03. The van der Waals surface area contributed by atoms with Gasteiger partial charge in [0.05, 0.1) is 6.54 Å². The van der Waals surface area contributed by atoms with Gasteiger partial charge in [0, 0.05) is 17.3 Å². The van der Waals surface area contributed by atoms with Crippen LogP contribution in [0.15, 0.2) is 18.2 Å². The standard InChI is InChI=1S/C12H15Cl2NO2/c1-9-8-10(2-3-11(9)14)17-7-6-15-12(16)4-5-13/h2-3,8H,4-7H2,1H3,(H,15,16). The van der Waals surface area contributed by atoms with E-state index in [1.165, 1.54) is 0 Å². The predicted molar refractivity (Wildman–Crippen MR) is 70.0 cm³/mol. The van der Waals surface area contributed by atoms with Crippen LogP contribution in [-0.4, -0.2) is 24.9 Å². The summed E-state index contributed by atoms with van der Waals surface area (Å²) >= 11 is 11.3. The van der Waals surface area contributed by atoms with Gasteiger partial charge in [-0.2, -0.15) is 0 Å². The minimum atomic E-state index is -0.0594. The molecule has 1 N–H and O–H groups in total. The van der Waals surface area contributed by atoms with Gasteiger partial charge in [-0.1, -0.05) is 11.6 Å². The van der Waals surface area contributed by atoms with Crippen molar-refractivity contribution in [3.63, 3.8) is 0 Å². The summed E-state index contributed by atoms with van der Waals surface area (Å²) in [4.78, 5) is 11.1. The van der Waals surface area contributed by atoms with Gasteiger partial charge in [-0.05, 0) is 30.7 Å². The molecule has 0 aliphatic carbocycles. The lowest BCUT2D eigenvalue weighted by molar-refractivity contribution is -0.120. The molecule has 1 aromatic carbocycles. The van der Waals surface area contributed by atoms with E-state index in [-0.39, 0.29) is 5.91 Å². The molecule has 0 radical (unpaired) electrons. The summed E-state index contributed by atoms with van der Waals surface area (Å²) in [7, 11) is 0. The molecule has 0 unspecified atom stereocenters. The van der Waals surface area contributed by atoms with Crippen LogP contribution in [0.5, 0.6) is 5.75 Å². The molecule has 5 heteroatoms. The maximum atomic E-state index is 11.1. The van der Waals surface area contributed by atoms with Crippen LogP contribution < -0.4 is 10.1 Å². The highest BCUT2D eigenvalue weighted by atomic mass is 35.5. The fourth-order valence-electron chi connectivity index (χ4n) is 1.24. The number of amides is 1. The zero-order chi connectivity index (χ0) is 12.7. The van der Waals surface area contributed by atoms with Crippen LogP contribution >= 0.6 is 23.2 Å². The quantitative estimate of drug-likeness (QED) is 0.641. The molecule has 17 heavy (non-hydrogen) atoms. The van der Waals surface area contributed by atoms with E-state index in [1.54, 1.807) is 12.1 Å². The van der Waals surface area contributed by atoms with Crippen LogP contribution in [0, 0.1) is 6.92 Å². The smallest absolute Gasteiger partial charge is 0.221 e. The first-order valence-electron chi connectivity index (χ1n) is 5.35. The van der Waals surface area contributed by atoms with Crippen molar-refractivity contribution in [2.45, 2.75) is 13.3 Å². The number of carbonyl (C=O) groups excluding carboxylic acids is 1. The lowest BCUT2D eigenvalue weighted by Gasteiger charge is -2.08. The SMILES string of the molecule is Cc1cc(OCCNC(=O)CCCl)ccc1Cl. The van der Waals surface area contributed by atoms with Gasteiger partial charge in [-0.15, -0.1) is 11.6 Å². The first-order chi connectivity index (χ1) is 8.13. The van der Waals surface area contributed by atoms with Gasteiger partial charge in [-0.25, -0.2) is 0 Å². The van der Waals surface area contributed by atoms with Crippen molar-refractivity contribution >= 4 is 29.1 Å². The number of hydrogen-bond donors (Lipinski definition) is 1. The molecule has 1 amide bonds. The number of benzene rings is 1. The average Bonchev–Trinajstić information content (AvgIpc) is 2.29. The fraction of sp³-hybridized carbons (Fsp3) is 0.417. The topological polar surface area (TPSA) is 38.3 Å². The Kier molecular flexibility index (Phi) is 6.16. The molecule has 0 fully saturated rings. The third-order valence-corrected chi connectivity index (χ3v) is 2.76. The Balaban J connectivity index is 2.26. The molecule has 0 bridgehead atoms. The lowest BCUT2D eigenvalue weighted by Crippen LogP contribution is -2.28. The van der Waals surface area contributed by atoms with Crippen molar-refractivity contribution in [1.29, 1.82) is 0 Å². The molecule has 0 heterocycles. The van der Waals surface area contributed by atoms with Crippen LogP contribution in [0.3, 0.4) is 0 Å². The highest BCUT2D eigenvalue weighted by molar-refractivity contribution is 6.31. The highest BCUT2D eigenvalue weighted by Gasteiger charge is 2.00. The number of hydrogen-bond acceptors (Lipinski definition) is 2. The molecular formula is C12H15Cl2NO2. The second-order valence-electron chi connectivity index (χ2n) is 3.55. The first-order valence-corrected chi connectivity index (χ1v) is 6.26. The first kappa shape index (κ1) is 14.1. The summed E-state index contributed by atoms with van der Waals surface area (Å²) < 4.78 is 5.46. The monoisotopic (exact) mass is 275 g/mol. The predicted octanol–water partition coefficient (Wildman–Crippen LogP) is 2.77. The van der Waals surface area contributed by atoms with Gasteiger partial charge in [0.2, 0.25) is 5.91 Å². The third-order valence-electron chi connectivity index (χ3n) is 2.14. The van der Waals surface area contributed by atoms with Gasteiger partial charge < -0.3 is 10.1 Å². The van der Waals surface area contributed by atoms with Gasteiger partial charge >= 0.3 is 0 Å². The molecule has 0 atom stereocenters. The Morgan fingerprint density at radius 2 is 2.24 bits per heavy atom. The number of nitrogens with one attached hydrogen (secondary N) is 1. The van der Waals surface area contributed by atoms with Crippen LogP contribution in [0.4, 0.5) is 0 Å². The summed E-state index contributed by atoms with van der Waals surface area (Å²) in [5, 5.41) is 3.42. The minimum absolute atomic E-state index is 0.0594. The highest BCUT2D eigenvalue weighted by Crippen LogP contribution is 2.20. The number of halogens is 2. The van der Waals surface area contributed by atoms with E-state index in [0.29, 0.717) is 30.5 Å². The molecule has 0 saturated carbocycles. The van der Waals surface area contributed by atoms with Crippen molar-refractivity contribution in [3.05, 3.63) is 28.8 Å². The molecule has 0 aliphatic heterocycles. The maximum Gasteiger partial charge on any atom is 0.221 e. The van der Waals surface area contributed by atoms with E-state index >= 15 is 0 Å². The van der Waals surface area contributed by atoms with Crippen molar-refractivity contribution in [3.8, 4) is 5.75 Å². The van der Waals surface area contributed by atoms with Crippen LogP contribution in [0.1, 0.15) is 12.0 Å². The van der Waals surface area contributed by atoms with Gasteiger partial charge in [0.25, 0.3) is 0 Å². The zero-order valence-electron chi connectivity index (χ0n) is 9.63. The molecule has 1 rings (SSSR count). The number of aryl methyl sites for hydroxylation is 1. The van der Waals surface area contributed by atoms with Crippen molar-refractivity contribution < 1.29 is 9.53 Å². The Morgan fingerprint density at radius 1 is 1.47 bits per heavy atom. The molecule has 0 spiro atoms. The molecule has 1 aromatic rings. The molecule has 0 aromatic heterocycles. The number of ether oxygens (including phenoxy) is 1. The summed E-state index contributed by atoms with van der Waals surface area (Å²) in [6.45, 7) is 2.81. The van der Waals surface area contributed by atoms with E-state index in [2.05, 4.69) is 5.32 Å². The normalized spacial score (nSPS) is 10.1. The minimum Gasteiger partial charge on any atom is -0.492 e. The van der Waals surface area contributed by atoms with Gasteiger partial charge in [-0.3, -0.25) is 4.79 Å². The lowest BCUT2D eigenvalue weighted by atomic mass is 10.2. The third kappa shape index (κ3) is 5.29. The Morgan fingerprint density at radius 3 is 2.88 bits per heavy atom. The Hall–Kier alpha value is -0.930. The summed E-state index contributed by atoms with van der Waals surface area (Å²) in [6.07, 6.45) is 0.335. The molecule has 94 valence electrons. The zero-order valence-corrected chi connectivity index (χ0v) is 11.1. The Bertz CT molecular complexity index is 383. The summed E-state index contributed by atoms with van der Waals surface area (Å²) in [5.41, 5.74) is 0.968. The fourth-order valence-corrected chi connectivity index (χ4v) is 1.53. The summed E-state index contributed by atoms with van der Waals surface area (Å²) in [6, 6.07) is 5.46. The van der Waals surface area contributed by atoms with E-state index in [1.807, 2.05) is 13.0 Å². The molecule has 3 nitrogen and oxygen atoms in total. The van der Waals surface area contributed by atoms with Crippen LogP contribution in [-0.2, 0) is 4.79 Å². The average molecular weight is 276 g/mol. The maximum absolute atomic E-state index is 11.1. The molecule has 0 saturated heterocycles. The largest absolute Gasteiger partial charge is 0.492 e. The second kappa shape index (κ2) is 7.41. The number of alkyl halides is 1. The van der Waals surface area contributed by atoms with Gasteiger partial charge in [0.1, 0.15) is 12.4 Å². The second-order valence-corrected chi connectivity index (χ2v) is 4.33. The van der Waals surface area contributed by atoms with Crippen LogP contribution in [0.25, 0.3) is 0 Å². The van der Waals surface area contributed by atoms with Gasteiger partial charge in [0.15, 0.2) is 0 Å². The molecule has 0 aliphatic rings. The number of rotatable bonds is 6. The van der Waals surface area contributed by atoms with Crippen molar-refractivity contribution in [2.24, 2.45) is 0 Å². The van der Waals surface area contributed by atoms with Crippen molar-refractivity contribution in [2.75, 3.05) is 19.0 Å². The van der Waals surface area contributed by atoms with Crippen LogP contribution in [0.2, 0.25) is 5.02 Å². The Labute approximate surface area is 111 Å². The van der Waals surface area contributed by atoms with Crippen molar-refractivity contribution in [1.82, 2.24) is 5.32 Å².